The van der Waals surface area contributed by atoms with E-state index in [-0.39, 0.29) is 6.42 Å². The van der Waals surface area contributed by atoms with Crippen LogP contribution in [0, 0.1) is 11.3 Å². The summed E-state index contributed by atoms with van der Waals surface area (Å²) in [7, 11) is 0. The van der Waals surface area contributed by atoms with Crippen LogP contribution in [0.4, 0.5) is 0 Å². The largest absolute Gasteiger partial charge is 0.389 e. The minimum atomic E-state index is -1.33. The van der Waals surface area contributed by atoms with Crippen LogP contribution in [0.15, 0.2) is 12.7 Å². The van der Waals surface area contributed by atoms with Crippen LogP contribution in [0.1, 0.15) is 6.42 Å². The minimum Gasteiger partial charge on any atom is -0.389 e. The van der Waals surface area contributed by atoms with Crippen molar-refractivity contribution in [3.8, 4) is 6.07 Å². The van der Waals surface area contributed by atoms with Gasteiger partial charge in [0.2, 0.25) is 0 Å². The Morgan fingerprint density at radius 1 is 1.45 bits per heavy atom. The molecule has 11 heavy (non-hydrogen) atoms. The van der Waals surface area contributed by atoms with Gasteiger partial charge in [0.25, 0.3) is 0 Å². The summed E-state index contributed by atoms with van der Waals surface area (Å²) >= 11 is 0. The predicted molar refractivity (Wildman–Crippen MR) is 38.4 cm³/mol. The fraction of sp³-hybridized carbons (Fsp3) is 0.571. The highest BCUT2D eigenvalue weighted by molar-refractivity contribution is 4.91. The number of nitrogens with zero attached hydrogens (tertiary/aromatic N) is 1. The summed E-state index contributed by atoms with van der Waals surface area (Å²) in [5.41, 5.74) is 0. The molecule has 0 amide bonds. The van der Waals surface area contributed by atoms with E-state index in [4.69, 9.17) is 20.6 Å². The number of hydrogen-bond donors (Lipinski definition) is 3. The van der Waals surface area contributed by atoms with Crippen LogP contribution >= 0.6 is 0 Å². The van der Waals surface area contributed by atoms with Gasteiger partial charge in [-0.25, -0.2) is 0 Å². The molecule has 62 valence electrons. The van der Waals surface area contributed by atoms with Crippen LogP contribution in [0.2, 0.25) is 0 Å². The first-order valence-corrected chi connectivity index (χ1v) is 3.17. The Kier molecular flexibility index (Phi) is 4.46. The molecule has 0 heterocycles. The van der Waals surface area contributed by atoms with Crippen LogP contribution < -0.4 is 0 Å². The molecular weight excluding hydrogens is 146 g/mol. The fourth-order valence-corrected chi connectivity index (χ4v) is 0.581. The predicted octanol–water partition coefficient (Wildman–Crippen LogP) is -0.831. The third-order valence-corrected chi connectivity index (χ3v) is 1.29. The number of hydrogen-bond acceptors (Lipinski definition) is 4. The smallest absolute Gasteiger partial charge is 0.110 e. The first-order valence-electron chi connectivity index (χ1n) is 3.17. The van der Waals surface area contributed by atoms with Gasteiger partial charge in [-0.1, -0.05) is 6.08 Å². The van der Waals surface area contributed by atoms with Gasteiger partial charge in [-0.3, -0.25) is 0 Å². The van der Waals surface area contributed by atoms with Gasteiger partial charge in [0.05, 0.1) is 18.6 Å². The molecule has 3 atom stereocenters. The Bertz CT molecular complexity index is 164. The first-order chi connectivity index (χ1) is 5.13. The lowest BCUT2D eigenvalue weighted by Crippen LogP contribution is -2.35. The van der Waals surface area contributed by atoms with Crippen LogP contribution in [0.25, 0.3) is 0 Å². The van der Waals surface area contributed by atoms with E-state index in [1.54, 1.807) is 6.07 Å². The molecule has 0 bridgehead atoms. The summed E-state index contributed by atoms with van der Waals surface area (Å²) in [6.07, 6.45) is -2.82. The van der Waals surface area contributed by atoms with Gasteiger partial charge in [-0.2, -0.15) is 5.26 Å². The molecule has 0 saturated carbocycles. The topological polar surface area (TPSA) is 84.5 Å². The van der Waals surface area contributed by atoms with E-state index in [9.17, 15) is 0 Å². The van der Waals surface area contributed by atoms with Crippen LogP contribution in [-0.2, 0) is 0 Å². The van der Waals surface area contributed by atoms with E-state index in [0.717, 1.165) is 6.08 Å². The van der Waals surface area contributed by atoms with E-state index in [2.05, 4.69) is 6.58 Å². The third kappa shape index (κ3) is 3.14. The minimum absolute atomic E-state index is 0.202. The Morgan fingerprint density at radius 2 is 2.00 bits per heavy atom. The molecule has 0 aromatic carbocycles. The van der Waals surface area contributed by atoms with Gasteiger partial charge >= 0.3 is 0 Å². The van der Waals surface area contributed by atoms with E-state index in [1.807, 2.05) is 0 Å². The molecule has 0 rings (SSSR count). The summed E-state index contributed by atoms with van der Waals surface area (Å²) in [4.78, 5) is 0. The molecule has 0 spiro atoms. The zero-order chi connectivity index (χ0) is 8.85. The summed E-state index contributed by atoms with van der Waals surface area (Å²) in [5.74, 6) is 0. The number of aliphatic hydroxyl groups is 3. The maximum absolute atomic E-state index is 8.99. The van der Waals surface area contributed by atoms with Gasteiger partial charge in [0.15, 0.2) is 0 Å². The molecule has 3 N–H and O–H groups in total. The number of nitriles is 1. The summed E-state index contributed by atoms with van der Waals surface area (Å²) in [6.45, 7) is 3.22. The third-order valence-electron chi connectivity index (χ3n) is 1.29. The molecule has 4 nitrogen and oxygen atoms in total. The first kappa shape index (κ1) is 10.1. The van der Waals surface area contributed by atoms with Crippen molar-refractivity contribution in [2.24, 2.45) is 0 Å². The van der Waals surface area contributed by atoms with Crippen molar-refractivity contribution >= 4 is 0 Å². The van der Waals surface area contributed by atoms with Gasteiger partial charge in [-0.05, 0) is 0 Å². The molecule has 0 aromatic rings. The second kappa shape index (κ2) is 4.85. The van der Waals surface area contributed by atoms with Crippen molar-refractivity contribution in [2.75, 3.05) is 0 Å². The highest BCUT2D eigenvalue weighted by Crippen LogP contribution is 2.03. The SMILES string of the molecule is C=CC(O)C(O)C(O)CC#N. The monoisotopic (exact) mass is 157 g/mol. The van der Waals surface area contributed by atoms with E-state index < -0.39 is 18.3 Å². The zero-order valence-electron chi connectivity index (χ0n) is 6.01. The molecule has 0 fully saturated rings. The Hall–Kier alpha value is -0.890. The fourth-order valence-electron chi connectivity index (χ4n) is 0.581. The summed E-state index contributed by atoms with van der Waals surface area (Å²) in [6, 6.07) is 1.67. The van der Waals surface area contributed by atoms with E-state index in [0.29, 0.717) is 0 Å². The average Bonchev–Trinajstić information content (AvgIpc) is 2.02. The van der Waals surface area contributed by atoms with Gasteiger partial charge in [0.1, 0.15) is 12.2 Å². The highest BCUT2D eigenvalue weighted by atomic mass is 16.4. The van der Waals surface area contributed by atoms with Gasteiger partial charge in [-0.15, -0.1) is 6.58 Å². The lowest BCUT2D eigenvalue weighted by Gasteiger charge is -2.17. The summed E-state index contributed by atoms with van der Waals surface area (Å²) in [5, 5.41) is 34.9. The second-order valence-corrected chi connectivity index (χ2v) is 2.15. The van der Waals surface area contributed by atoms with Gasteiger partial charge in [0, 0.05) is 0 Å². The van der Waals surface area contributed by atoms with Crippen molar-refractivity contribution in [3.63, 3.8) is 0 Å². The van der Waals surface area contributed by atoms with Crippen molar-refractivity contribution in [1.29, 1.82) is 5.26 Å². The van der Waals surface area contributed by atoms with Crippen LogP contribution in [0.3, 0.4) is 0 Å². The van der Waals surface area contributed by atoms with E-state index >= 15 is 0 Å². The quantitative estimate of drug-likeness (QED) is 0.465. The average molecular weight is 157 g/mol. The highest BCUT2D eigenvalue weighted by Gasteiger charge is 2.21. The lowest BCUT2D eigenvalue weighted by molar-refractivity contribution is -0.0385. The Balaban J connectivity index is 3.91. The molecule has 0 aromatic heterocycles. The Morgan fingerprint density at radius 3 is 2.36 bits per heavy atom. The summed E-state index contributed by atoms with van der Waals surface area (Å²) < 4.78 is 0. The van der Waals surface area contributed by atoms with Crippen molar-refractivity contribution in [1.82, 2.24) is 0 Å². The molecule has 4 heteroatoms. The maximum atomic E-state index is 8.99. The van der Waals surface area contributed by atoms with Crippen molar-refractivity contribution in [3.05, 3.63) is 12.7 Å². The number of aliphatic hydroxyl groups excluding tert-OH is 3. The normalized spacial score (nSPS) is 18.0. The molecule has 0 saturated heterocycles. The molecule has 0 radical (unpaired) electrons. The molecular formula is C7H11NO3. The maximum Gasteiger partial charge on any atom is 0.110 e. The second-order valence-electron chi connectivity index (χ2n) is 2.15. The number of rotatable bonds is 4. The zero-order valence-corrected chi connectivity index (χ0v) is 6.01. The molecule has 0 aliphatic heterocycles. The van der Waals surface area contributed by atoms with E-state index in [1.165, 1.54) is 0 Å². The molecule has 0 aliphatic rings. The Labute approximate surface area is 65.0 Å². The molecule has 0 aliphatic carbocycles. The molecule has 3 unspecified atom stereocenters. The lowest BCUT2D eigenvalue weighted by atomic mass is 10.1. The van der Waals surface area contributed by atoms with Crippen molar-refractivity contribution < 1.29 is 15.3 Å². The van der Waals surface area contributed by atoms with Gasteiger partial charge < -0.3 is 15.3 Å². The van der Waals surface area contributed by atoms with Crippen molar-refractivity contribution in [2.45, 2.75) is 24.7 Å². The van der Waals surface area contributed by atoms with Crippen LogP contribution in [-0.4, -0.2) is 33.6 Å². The standard InChI is InChI=1S/C7H11NO3/c1-2-5(9)7(11)6(10)3-4-8/h2,5-7,9-11H,1,3H2. The van der Waals surface area contributed by atoms with Crippen LogP contribution in [0.5, 0.6) is 0 Å².